The summed E-state index contributed by atoms with van der Waals surface area (Å²) in [6.07, 6.45) is 3.94. The number of benzene rings is 1. The van der Waals surface area contributed by atoms with Gasteiger partial charge < -0.3 is 14.6 Å². The van der Waals surface area contributed by atoms with E-state index in [0.717, 1.165) is 31.6 Å². The summed E-state index contributed by atoms with van der Waals surface area (Å²) in [4.78, 5) is 14.2. The minimum absolute atomic E-state index is 0.138. The molecule has 0 unspecified atom stereocenters. The molecule has 2 heterocycles. The molecule has 2 amide bonds. The van der Waals surface area contributed by atoms with Crippen LogP contribution in [0.1, 0.15) is 49.3 Å². The first-order valence-electron chi connectivity index (χ1n) is 8.44. The molecule has 4 rings (SSSR count). The van der Waals surface area contributed by atoms with Crippen molar-refractivity contribution in [3.63, 3.8) is 0 Å². The number of hydrogen-bond acceptors (Lipinski definition) is 4. The van der Waals surface area contributed by atoms with Crippen LogP contribution in [0.5, 0.6) is 0 Å². The third kappa shape index (κ3) is 3.75. The normalized spacial score (nSPS) is 18.4. The molecule has 1 saturated carbocycles. The fourth-order valence-electron chi connectivity index (χ4n) is 3.01. The van der Waals surface area contributed by atoms with Gasteiger partial charge in [-0.1, -0.05) is 23.2 Å². The topological polar surface area (TPSA) is 71.3 Å². The van der Waals surface area contributed by atoms with Gasteiger partial charge in [0, 0.05) is 30.6 Å². The Kier molecular flexibility index (Phi) is 4.56. The summed E-state index contributed by atoms with van der Waals surface area (Å²) < 4.78 is 5.79. The van der Waals surface area contributed by atoms with Crippen LogP contribution in [-0.4, -0.2) is 34.2 Å². The highest BCUT2D eigenvalue weighted by Crippen LogP contribution is 2.40. The first-order valence-corrected chi connectivity index (χ1v) is 9.20. The lowest BCUT2D eigenvalue weighted by Gasteiger charge is -2.30. The minimum atomic E-state index is -0.138. The smallest absolute Gasteiger partial charge is 0.321 e. The summed E-state index contributed by atoms with van der Waals surface area (Å²) >= 11 is 11.9. The van der Waals surface area contributed by atoms with Gasteiger partial charge in [-0.3, -0.25) is 0 Å². The number of nitrogens with one attached hydrogen (secondary N) is 1. The van der Waals surface area contributed by atoms with Gasteiger partial charge in [0.15, 0.2) is 0 Å². The molecular formula is C17H18Cl2N4O2. The van der Waals surface area contributed by atoms with E-state index < -0.39 is 0 Å². The van der Waals surface area contributed by atoms with Gasteiger partial charge in [-0.2, -0.15) is 0 Å². The maximum absolute atomic E-state index is 12.4. The van der Waals surface area contributed by atoms with E-state index in [4.69, 9.17) is 27.6 Å². The number of aromatic nitrogens is 2. The SMILES string of the molecule is O=C(Nc1ccc(Cl)c(Cl)c1)N1CCC(c2nnc(C3CC3)o2)CC1. The lowest BCUT2D eigenvalue weighted by molar-refractivity contribution is 0.189. The lowest BCUT2D eigenvalue weighted by Crippen LogP contribution is -2.40. The molecule has 1 N–H and O–H groups in total. The van der Waals surface area contributed by atoms with Gasteiger partial charge in [-0.15, -0.1) is 10.2 Å². The van der Waals surface area contributed by atoms with Crippen molar-refractivity contribution >= 4 is 34.9 Å². The molecule has 6 nitrogen and oxygen atoms in total. The number of anilines is 1. The number of piperidine rings is 1. The van der Waals surface area contributed by atoms with E-state index in [1.165, 1.54) is 0 Å². The van der Waals surface area contributed by atoms with E-state index in [9.17, 15) is 4.79 Å². The van der Waals surface area contributed by atoms with Crippen LogP contribution in [-0.2, 0) is 0 Å². The monoisotopic (exact) mass is 380 g/mol. The fraction of sp³-hybridized carbons (Fsp3) is 0.471. The number of amides is 2. The Bertz CT molecular complexity index is 783. The van der Waals surface area contributed by atoms with E-state index >= 15 is 0 Å². The maximum Gasteiger partial charge on any atom is 0.321 e. The van der Waals surface area contributed by atoms with Crippen molar-refractivity contribution in [3.8, 4) is 0 Å². The van der Waals surface area contributed by atoms with Crippen molar-refractivity contribution in [3.05, 3.63) is 40.0 Å². The zero-order valence-electron chi connectivity index (χ0n) is 13.5. The summed E-state index contributed by atoms with van der Waals surface area (Å²) in [5.74, 6) is 2.19. The van der Waals surface area contributed by atoms with E-state index in [-0.39, 0.29) is 11.9 Å². The number of carbonyl (C=O) groups is 1. The van der Waals surface area contributed by atoms with Gasteiger partial charge in [-0.05, 0) is 43.9 Å². The molecule has 2 fully saturated rings. The molecule has 0 radical (unpaired) electrons. The second kappa shape index (κ2) is 6.84. The molecule has 2 aromatic rings. The molecule has 8 heteroatoms. The Morgan fingerprint density at radius 1 is 1.04 bits per heavy atom. The number of rotatable bonds is 3. The number of nitrogens with zero attached hydrogens (tertiary/aromatic N) is 3. The Morgan fingerprint density at radius 2 is 1.68 bits per heavy atom. The summed E-state index contributed by atoms with van der Waals surface area (Å²) in [7, 11) is 0. The fourth-order valence-corrected chi connectivity index (χ4v) is 3.31. The Balaban J connectivity index is 1.32. The second-order valence-electron chi connectivity index (χ2n) is 6.57. The first kappa shape index (κ1) is 16.7. The van der Waals surface area contributed by atoms with Gasteiger partial charge >= 0.3 is 6.03 Å². The summed E-state index contributed by atoms with van der Waals surface area (Å²) in [6.45, 7) is 1.30. The molecule has 2 aliphatic rings. The molecule has 1 aromatic heterocycles. The summed E-state index contributed by atoms with van der Waals surface area (Å²) in [5, 5.41) is 12.1. The van der Waals surface area contributed by atoms with Crippen molar-refractivity contribution in [2.24, 2.45) is 0 Å². The van der Waals surface area contributed by atoms with Gasteiger partial charge in [0.05, 0.1) is 10.0 Å². The van der Waals surface area contributed by atoms with Crippen molar-refractivity contribution in [2.75, 3.05) is 18.4 Å². The molecule has 0 bridgehead atoms. The molecule has 0 atom stereocenters. The van der Waals surface area contributed by atoms with E-state index in [0.29, 0.717) is 40.6 Å². The van der Waals surface area contributed by atoms with Crippen LogP contribution in [0.3, 0.4) is 0 Å². The van der Waals surface area contributed by atoms with Gasteiger partial charge in [0.2, 0.25) is 11.8 Å². The molecular weight excluding hydrogens is 363 g/mol. The standard InChI is InChI=1S/C17H18Cl2N4O2/c18-13-4-3-12(9-14(13)19)20-17(24)23-7-5-11(6-8-23)16-22-21-15(25-16)10-1-2-10/h3-4,9-11H,1-2,5-8H2,(H,20,24). The van der Waals surface area contributed by atoms with E-state index in [2.05, 4.69) is 15.5 Å². The average Bonchev–Trinajstić information content (AvgIpc) is 3.35. The largest absolute Gasteiger partial charge is 0.425 e. The van der Waals surface area contributed by atoms with Crippen LogP contribution in [0, 0.1) is 0 Å². The lowest BCUT2D eigenvalue weighted by atomic mass is 9.97. The van der Waals surface area contributed by atoms with Crippen LogP contribution < -0.4 is 5.32 Å². The van der Waals surface area contributed by atoms with Gasteiger partial charge in [0.25, 0.3) is 0 Å². The van der Waals surface area contributed by atoms with Crippen LogP contribution >= 0.6 is 23.2 Å². The average molecular weight is 381 g/mol. The van der Waals surface area contributed by atoms with E-state index in [1.807, 2.05) is 0 Å². The molecule has 132 valence electrons. The Hall–Kier alpha value is -1.79. The molecule has 1 saturated heterocycles. The van der Waals surface area contributed by atoms with Crippen molar-refractivity contribution in [2.45, 2.75) is 37.5 Å². The maximum atomic E-state index is 12.4. The third-order valence-electron chi connectivity index (χ3n) is 4.69. The number of likely N-dealkylation sites (tertiary alicyclic amines) is 1. The zero-order chi connectivity index (χ0) is 17.4. The van der Waals surface area contributed by atoms with Crippen LogP contribution in [0.2, 0.25) is 10.0 Å². The van der Waals surface area contributed by atoms with Gasteiger partial charge in [0.1, 0.15) is 0 Å². The second-order valence-corrected chi connectivity index (χ2v) is 7.39. The molecule has 25 heavy (non-hydrogen) atoms. The predicted octanol–water partition coefficient (Wildman–Crippen LogP) is 4.67. The zero-order valence-corrected chi connectivity index (χ0v) is 15.1. The first-order chi connectivity index (χ1) is 12.1. The molecule has 1 aliphatic heterocycles. The summed E-state index contributed by atoms with van der Waals surface area (Å²) in [6, 6.07) is 4.91. The summed E-state index contributed by atoms with van der Waals surface area (Å²) in [5.41, 5.74) is 0.632. The van der Waals surface area contributed by atoms with Crippen molar-refractivity contribution in [1.82, 2.24) is 15.1 Å². The van der Waals surface area contributed by atoms with Crippen LogP contribution in [0.15, 0.2) is 22.6 Å². The van der Waals surface area contributed by atoms with Crippen LogP contribution in [0.4, 0.5) is 10.5 Å². The molecule has 1 aliphatic carbocycles. The Labute approximate surface area is 155 Å². The number of carbonyl (C=O) groups excluding carboxylic acids is 1. The number of hydrogen-bond donors (Lipinski definition) is 1. The Morgan fingerprint density at radius 3 is 2.28 bits per heavy atom. The van der Waals surface area contributed by atoms with Crippen molar-refractivity contribution < 1.29 is 9.21 Å². The highest BCUT2D eigenvalue weighted by atomic mass is 35.5. The predicted molar refractivity (Wildman–Crippen MR) is 95.3 cm³/mol. The number of halogens is 2. The van der Waals surface area contributed by atoms with Crippen LogP contribution in [0.25, 0.3) is 0 Å². The van der Waals surface area contributed by atoms with Gasteiger partial charge in [-0.25, -0.2) is 4.79 Å². The molecule has 0 spiro atoms. The molecule has 1 aromatic carbocycles. The van der Waals surface area contributed by atoms with E-state index in [1.54, 1.807) is 23.1 Å². The highest BCUT2D eigenvalue weighted by molar-refractivity contribution is 6.42. The highest BCUT2D eigenvalue weighted by Gasteiger charge is 2.32. The van der Waals surface area contributed by atoms with Crippen molar-refractivity contribution in [1.29, 1.82) is 0 Å². The number of urea groups is 1. The third-order valence-corrected chi connectivity index (χ3v) is 5.42. The minimum Gasteiger partial charge on any atom is -0.425 e. The quantitative estimate of drug-likeness (QED) is 0.839.